The molecule has 1 amide bonds. The third kappa shape index (κ3) is 6.61. The van der Waals surface area contributed by atoms with E-state index in [1.807, 2.05) is 44.9 Å². The molecule has 2 aromatic heterocycles. The van der Waals surface area contributed by atoms with Crippen molar-refractivity contribution in [2.24, 2.45) is 0 Å². The maximum Gasteiger partial charge on any atom is 0.270 e. The van der Waals surface area contributed by atoms with Crippen molar-refractivity contribution in [3.8, 4) is 6.07 Å². The molecule has 0 bridgehead atoms. The molecule has 0 spiro atoms. The highest BCUT2D eigenvalue weighted by Gasteiger charge is 2.31. The van der Waals surface area contributed by atoms with Crippen LogP contribution >= 0.6 is 11.6 Å². The number of aryl methyl sites for hydroxylation is 1. The number of halogens is 1. The zero-order valence-electron chi connectivity index (χ0n) is 26.8. The summed E-state index contributed by atoms with van der Waals surface area (Å²) in [6, 6.07) is 6.41. The average Bonchev–Trinajstić information content (AvgIpc) is 3.44. The molecule has 5 heterocycles. The lowest BCUT2D eigenvalue weighted by Gasteiger charge is -2.38. The molecule has 12 heteroatoms. The molecule has 0 saturated carbocycles. The summed E-state index contributed by atoms with van der Waals surface area (Å²) < 4.78 is 8.10. The Balaban J connectivity index is 1.37. The normalized spacial score (nSPS) is 21.1. The van der Waals surface area contributed by atoms with Gasteiger partial charge in [-0.3, -0.25) is 4.79 Å². The van der Waals surface area contributed by atoms with Gasteiger partial charge in [-0.1, -0.05) is 11.6 Å². The largest absolute Gasteiger partial charge is 0.368 e. The molecule has 3 atom stereocenters. The summed E-state index contributed by atoms with van der Waals surface area (Å²) in [6.45, 7) is 9.08. The van der Waals surface area contributed by atoms with Crippen molar-refractivity contribution in [1.29, 1.82) is 5.26 Å². The summed E-state index contributed by atoms with van der Waals surface area (Å²) in [5, 5.41) is 22.4. The van der Waals surface area contributed by atoms with Crippen LogP contribution in [0.4, 0.5) is 11.4 Å². The molecular formula is C33H44ClN9O2. The maximum absolute atomic E-state index is 13.6. The van der Waals surface area contributed by atoms with Gasteiger partial charge in [0.05, 0.1) is 47.2 Å². The number of amides is 1. The molecule has 0 radical (unpaired) electrons. The van der Waals surface area contributed by atoms with Gasteiger partial charge in [-0.15, -0.1) is 0 Å². The molecule has 6 rings (SSSR count). The van der Waals surface area contributed by atoms with Crippen molar-refractivity contribution in [3.05, 3.63) is 45.9 Å². The second-order valence-electron chi connectivity index (χ2n) is 12.9. The van der Waals surface area contributed by atoms with Crippen molar-refractivity contribution in [2.45, 2.75) is 70.8 Å². The van der Waals surface area contributed by atoms with Crippen molar-refractivity contribution < 1.29 is 9.53 Å². The predicted octanol–water partition coefficient (Wildman–Crippen LogP) is 4.03. The van der Waals surface area contributed by atoms with Crippen LogP contribution in [-0.4, -0.2) is 91.1 Å². The lowest BCUT2D eigenvalue weighted by molar-refractivity contribution is -0.0366. The highest BCUT2D eigenvalue weighted by Crippen LogP contribution is 2.41. The van der Waals surface area contributed by atoms with Gasteiger partial charge in [0.1, 0.15) is 5.69 Å². The van der Waals surface area contributed by atoms with E-state index in [0.717, 1.165) is 97.6 Å². The van der Waals surface area contributed by atoms with Gasteiger partial charge >= 0.3 is 0 Å². The number of pyridine rings is 1. The van der Waals surface area contributed by atoms with E-state index in [4.69, 9.17) is 26.4 Å². The zero-order chi connectivity index (χ0) is 31.7. The van der Waals surface area contributed by atoms with E-state index in [2.05, 4.69) is 37.5 Å². The Bertz CT molecular complexity index is 1590. The molecule has 45 heavy (non-hydrogen) atoms. The van der Waals surface area contributed by atoms with Crippen molar-refractivity contribution in [3.63, 3.8) is 0 Å². The van der Waals surface area contributed by atoms with E-state index < -0.39 is 0 Å². The van der Waals surface area contributed by atoms with Crippen LogP contribution in [-0.2, 0) is 17.7 Å². The number of likely N-dealkylation sites (N-methyl/N-ethyl adjacent to an activating group) is 1. The van der Waals surface area contributed by atoms with Crippen LogP contribution in [0.1, 0.15) is 66.1 Å². The van der Waals surface area contributed by atoms with E-state index in [0.29, 0.717) is 30.2 Å². The fourth-order valence-electron chi connectivity index (χ4n) is 7.02. The second kappa shape index (κ2) is 13.5. The number of nitrogens with zero attached hydrogens (tertiary/aromatic N) is 7. The van der Waals surface area contributed by atoms with Crippen LogP contribution in [0.3, 0.4) is 0 Å². The Morgan fingerprint density at radius 3 is 2.89 bits per heavy atom. The number of nitrogens with one attached hydrogen (secondary N) is 2. The van der Waals surface area contributed by atoms with E-state index in [-0.39, 0.29) is 24.2 Å². The van der Waals surface area contributed by atoms with Gasteiger partial charge < -0.3 is 30.1 Å². The highest BCUT2D eigenvalue weighted by molar-refractivity contribution is 6.35. The number of hydrogen-bond acceptors (Lipinski definition) is 9. The van der Waals surface area contributed by atoms with E-state index in [1.54, 1.807) is 0 Å². The zero-order valence-corrected chi connectivity index (χ0v) is 27.5. The Morgan fingerprint density at radius 2 is 2.13 bits per heavy atom. The molecule has 2 N–H and O–H groups in total. The number of rotatable bonds is 8. The van der Waals surface area contributed by atoms with E-state index >= 15 is 0 Å². The predicted molar refractivity (Wildman–Crippen MR) is 177 cm³/mol. The quantitative estimate of drug-likeness (QED) is 0.380. The number of ether oxygens (including phenoxy) is 1. The average molecular weight is 634 g/mol. The van der Waals surface area contributed by atoms with Gasteiger partial charge in [-0.05, 0) is 71.3 Å². The number of hydrogen-bond donors (Lipinski definition) is 2. The van der Waals surface area contributed by atoms with Crippen LogP contribution in [0.2, 0.25) is 5.02 Å². The molecule has 2 fully saturated rings. The minimum atomic E-state index is -0.182. The number of piperazine rings is 1. The van der Waals surface area contributed by atoms with Gasteiger partial charge in [0.25, 0.3) is 5.91 Å². The number of carbonyl (C=O) groups is 1. The molecule has 0 aliphatic carbocycles. The molecule has 1 aromatic carbocycles. The van der Waals surface area contributed by atoms with Crippen molar-refractivity contribution in [2.75, 3.05) is 63.2 Å². The van der Waals surface area contributed by atoms with Crippen molar-refractivity contribution in [1.82, 2.24) is 30.3 Å². The summed E-state index contributed by atoms with van der Waals surface area (Å²) >= 11 is 7.07. The van der Waals surface area contributed by atoms with Crippen LogP contribution in [0, 0.1) is 18.3 Å². The first-order valence-electron chi connectivity index (χ1n) is 16.1. The topological polar surface area (TPSA) is 115 Å². The monoisotopic (exact) mass is 633 g/mol. The minimum Gasteiger partial charge on any atom is -0.368 e. The third-order valence-corrected chi connectivity index (χ3v) is 9.56. The van der Waals surface area contributed by atoms with E-state index in [9.17, 15) is 10.1 Å². The number of benzene rings is 1. The SMILES string of the molecule is Cc1cc2c(cnn2C2CCCCO2)c(N2CCc3c(N4CCN[C@@H](CC#N)C4)cc(C(=O)N[C@H](C)CN(C)C)nc3C2)c1Cl. The van der Waals surface area contributed by atoms with Crippen LogP contribution in [0.5, 0.6) is 0 Å². The van der Waals surface area contributed by atoms with Crippen LogP contribution < -0.4 is 20.4 Å². The Morgan fingerprint density at radius 1 is 1.29 bits per heavy atom. The first-order valence-corrected chi connectivity index (χ1v) is 16.5. The van der Waals surface area contributed by atoms with Gasteiger partial charge in [-0.25, -0.2) is 9.67 Å². The van der Waals surface area contributed by atoms with Gasteiger partial charge in [0, 0.05) is 68.1 Å². The smallest absolute Gasteiger partial charge is 0.270 e. The summed E-state index contributed by atoms with van der Waals surface area (Å²) in [5.41, 5.74) is 6.45. The number of nitriles is 1. The number of carbonyl (C=O) groups excluding carboxylic acids is 1. The summed E-state index contributed by atoms with van der Waals surface area (Å²) in [5.74, 6) is -0.182. The summed E-state index contributed by atoms with van der Waals surface area (Å²) in [4.78, 5) is 25.2. The molecule has 240 valence electrons. The second-order valence-corrected chi connectivity index (χ2v) is 13.3. The number of anilines is 2. The lowest BCUT2D eigenvalue weighted by Crippen LogP contribution is -2.51. The Hall–Kier alpha value is -3.43. The molecule has 3 aliphatic heterocycles. The summed E-state index contributed by atoms with van der Waals surface area (Å²) in [6.07, 6.45) is 6.18. The molecule has 1 unspecified atom stereocenters. The number of fused-ring (bicyclic) bond motifs is 2. The Kier molecular flexibility index (Phi) is 9.47. The van der Waals surface area contributed by atoms with Gasteiger partial charge in [0.15, 0.2) is 6.23 Å². The first kappa shape index (κ1) is 31.5. The lowest BCUT2D eigenvalue weighted by atomic mass is 9.98. The fraction of sp³-hybridized carbons (Fsp3) is 0.576. The standard InChI is InChI=1S/C33H44ClN9O2/c1-21-15-29-25(17-37-43(29)30-7-5-6-14-45-30)32(31(21)34)42-12-9-24-27(20-42)39-26(33(44)38-22(2)18-40(3)4)16-28(24)41-13-11-36-23(19-41)8-10-35/h15-17,22-23,30,36H,5-9,11-14,18-20H2,1-4H3,(H,38,44)/t22-,23+,30?/m1/s1. The maximum atomic E-state index is 13.6. The van der Waals surface area contributed by atoms with Gasteiger partial charge in [0.2, 0.25) is 0 Å². The van der Waals surface area contributed by atoms with Crippen LogP contribution in [0.25, 0.3) is 10.9 Å². The highest BCUT2D eigenvalue weighted by atomic mass is 35.5. The Labute approximate surface area is 270 Å². The molecule has 2 saturated heterocycles. The molecule has 3 aliphatic rings. The third-order valence-electron chi connectivity index (χ3n) is 9.08. The van der Waals surface area contributed by atoms with Crippen LogP contribution in [0.15, 0.2) is 18.3 Å². The molecule has 3 aromatic rings. The fourth-order valence-corrected chi connectivity index (χ4v) is 7.29. The molecule has 11 nitrogen and oxygen atoms in total. The first-order chi connectivity index (χ1) is 21.7. The van der Waals surface area contributed by atoms with Crippen molar-refractivity contribution >= 4 is 39.8 Å². The number of aromatic nitrogens is 3. The molecular weight excluding hydrogens is 590 g/mol. The van der Waals surface area contributed by atoms with Gasteiger partial charge in [-0.2, -0.15) is 10.4 Å². The minimum absolute atomic E-state index is 0.0338. The van der Waals surface area contributed by atoms with E-state index in [1.165, 1.54) is 0 Å². The summed E-state index contributed by atoms with van der Waals surface area (Å²) in [7, 11) is 3.99.